The van der Waals surface area contributed by atoms with E-state index in [-0.39, 0.29) is 25.4 Å². The van der Waals surface area contributed by atoms with E-state index in [1.807, 2.05) is 73.7 Å². The lowest BCUT2D eigenvalue weighted by atomic mass is 9.98. The van der Waals surface area contributed by atoms with Crippen LogP contribution in [-0.4, -0.2) is 51.9 Å². The van der Waals surface area contributed by atoms with Crippen molar-refractivity contribution in [3.05, 3.63) is 131 Å². The maximum absolute atomic E-state index is 13.7. The Kier molecular flexibility index (Phi) is 8.64. The maximum atomic E-state index is 13.7. The van der Waals surface area contributed by atoms with Crippen LogP contribution in [0.5, 0.6) is 0 Å². The standard InChI is InChI=1S/C34H32N2O6/c1-22-11-5-6-14-24(22)20-31(33(39)40)36(35-30(32(37)38)19-23-12-3-2-4-13-23)34(41)42-21-29-27-17-9-7-15-25(27)26-16-8-10-18-28(26)29/h2-18,29-31,35H,19-21H2,1H3,(H,37,38)(H,39,40)/t30-,31-/m0/s1. The summed E-state index contributed by atoms with van der Waals surface area (Å²) in [7, 11) is 0. The number of hydrogen-bond donors (Lipinski definition) is 3. The fourth-order valence-corrected chi connectivity index (χ4v) is 5.48. The zero-order valence-corrected chi connectivity index (χ0v) is 23.1. The lowest BCUT2D eigenvalue weighted by Crippen LogP contribution is -2.59. The van der Waals surface area contributed by atoms with Gasteiger partial charge in [0.25, 0.3) is 0 Å². The first kappa shape index (κ1) is 28.6. The zero-order valence-electron chi connectivity index (χ0n) is 23.1. The predicted molar refractivity (Wildman–Crippen MR) is 158 cm³/mol. The largest absolute Gasteiger partial charge is 0.480 e. The highest BCUT2D eigenvalue weighted by atomic mass is 16.6. The first-order chi connectivity index (χ1) is 20.3. The molecule has 0 saturated carbocycles. The van der Waals surface area contributed by atoms with E-state index in [0.717, 1.165) is 44.0 Å². The number of hydrazine groups is 1. The molecule has 5 rings (SSSR count). The number of ether oxygens (including phenoxy) is 1. The summed E-state index contributed by atoms with van der Waals surface area (Å²) in [5.74, 6) is -2.76. The number of hydrogen-bond acceptors (Lipinski definition) is 5. The number of amides is 1. The summed E-state index contributed by atoms with van der Waals surface area (Å²) >= 11 is 0. The Bertz CT molecular complexity index is 1540. The van der Waals surface area contributed by atoms with Crippen LogP contribution in [0.15, 0.2) is 103 Å². The van der Waals surface area contributed by atoms with Crippen molar-refractivity contribution >= 4 is 18.0 Å². The summed E-state index contributed by atoms with van der Waals surface area (Å²) in [6.45, 7) is 1.81. The third-order valence-electron chi connectivity index (χ3n) is 7.68. The van der Waals surface area contributed by atoms with Gasteiger partial charge in [-0.15, -0.1) is 0 Å². The number of carboxylic acid groups (broad SMARTS) is 2. The van der Waals surface area contributed by atoms with Gasteiger partial charge in [0.2, 0.25) is 0 Å². The van der Waals surface area contributed by atoms with Gasteiger partial charge < -0.3 is 14.9 Å². The Morgan fingerprint density at radius 2 is 1.33 bits per heavy atom. The van der Waals surface area contributed by atoms with Crippen LogP contribution in [0.3, 0.4) is 0 Å². The number of nitrogens with zero attached hydrogens (tertiary/aromatic N) is 1. The molecule has 8 nitrogen and oxygen atoms in total. The minimum atomic E-state index is -1.43. The number of fused-ring (bicyclic) bond motifs is 3. The van der Waals surface area contributed by atoms with Crippen LogP contribution in [0, 0.1) is 6.92 Å². The molecule has 0 heterocycles. The van der Waals surface area contributed by atoms with Gasteiger partial charge in [0.15, 0.2) is 6.04 Å². The van der Waals surface area contributed by atoms with Gasteiger partial charge in [0.1, 0.15) is 12.6 Å². The summed E-state index contributed by atoms with van der Waals surface area (Å²) in [6.07, 6.45) is -0.978. The second-order valence-electron chi connectivity index (χ2n) is 10.4. The highest BCUT2D eigenvalue weighted by molar-refractivity contribution is 5.82. The second-order valence-corrected chi connectivity index (χ2v) is 10.4. The number of aryl methyl sites for hydroxylation is 1. The predicted octanol–water partition coefficient (Wildman–Crippen LogP) is 5.44. The van der Waals surface area contributed by atoms with Crippen molar-refractivity contribution in [3.8, 4) is 11.1 Å². The molecule has 0 unspecified atom stereocenters. The molecule has 1 aliphatic rings. The Labute approximate surface area is 244 Å². The second kappa shape index (κ2) is 12.7. The molecular weight excluding hydrogens is 532 g/mol. The van der Waals surface area contributed by atoms with Gasteiger partial charge in [-0.05, 0) is 45.9 Å². The Hall–Kier alpha value is -4.95. The molecule has 3 N–H and O–H groups in total. The van der Waals surface area contributed by atoms with Gasteiger partial charge in [-0.1, -0.05) is 103 Å². The average molecular weight is 565 g/mol. The molecule has 0 aliphatic heterocycles. The van der Waals surface area contributed by atoms with Crippen LogP contribution in [0.1, 0.15) is 33.7 Å². The highest BCUT2D eigenvalue weighted by Gasteiger charge is 2.36. The van der Waals surface area contributed by atoms with Gasteiger partial charge in [0.05, 0.1) is 0 Å². The molecule has 1 aliphatic carbocycles. The van der Waals surface area contributed by atoms with E-state index in [1.54, 1.807) is 36.4 Å². The SMILES string of the molecule is Cc1ccccc1C[C@@H](C(=O)O)N(N[C@@H](Cc1ccccc1)C(=O)O)C(=O)OCC1c2ccccc2-c2ccccc21. The van der Waals surface area contributed by atoms with E-state index in [0.29, 0.717) is 0 Å². The summed E-state index contributed by atoms with van der Waals surface area (Å²) in [5.41, 5.74) is 9.14. The van der Waals surface area contributed by atoms with Gasteiger partial charge in [-0.2, -0.15) is 0 Å². The first-order valence-corrected chi connectivity index (χ1v) is 13.8. The van der Waals surface area contributed by atoms with Crippen molar-refractivity contribution in [2.45, 2.75) is 37.8 Å². The smallest absolute Gasteiger partial charge is 0.425 e. The number of aliphatic carboxylic acids is 2. The van der Waals surface area contributed by atoms with Crippen LogP contribution >= 0.6 is 0 Å². The quantitative estimate of drug-likeness (QED) is 0.208. The molecule has 214 valence electrons. The highest BCUT2D eigenvalue weighted by Crippen LogP contribution is 2.44. The van der Waals surface area contributed by atoms with Crippen LogP contribution < -0.4 is 5.43 Å². The van der Waals surface area contributed by atoms with E-state index in [2.05, 4.69) is 5.43 Å². The number of rotatable bonds is 11. The van der Waals surface area contributed by atoms with E-state index < -0.39 is 30.1 Å². The van der Waals surface area contributed by atoms with Crippen molar-refractivity contribution < 1.29 is 29.3 Å². The summed E-state index contributed by atoms with van der Waals surface area (Å²) in [5, 5.41) is 21.2. The lowest BCUT2D eigenvalue weighted by Gasteiger charge is -2.32. The average Bonchev–Trinajstić information content (AvgIpc) is 3.31. The van der Waals surface area contributed by atoms with Crippen LogP contribution in [-0.2, 0) is 27.2 Å². The lowest BCUT2D eigenvalue weighted by molar-refractivity contribution is -0.148. The molecule has 0 bridgehead atoms. The fraction of sp³-hybridized carbons (Fsp3) is 0.206. The van der Waals surface area contributed by atoms with Crippen LogP contribution in [0.25, 0.3) is 11.1 Å². The van der Waals surface area contributed by atoms with Crippen LogP contribution in [0.2, 0.25) is 0 Å². The van der Waals surface area contributed by atoms with Crippen molar-refractivity contribution in [2.24, 2.45) is 0 Å². The summed E-state index contributed by atoms with van der Waals surface area (Å²) in [6, 6.07) is 29.3. The van der Waals surface area contributed by atoms with E-state index in [9.17, 15) is 24.6 Å². The number of benzene rings is 4. The molecule has 0 radical (unpaired) electrons. The molecule has 42 heavy (non-hydrogen) atoms. The third kappa shape index (κ3) is 6.19. The van der Waals surface area contributed by atoms with Crippen molar-refractivity contribution in [1.29, 1.82) is 0 Å². The first-order valence-electron chi connectivity index (χ1n) is 13.8. The topological polar surface area (TPSA) is 116 Å². The molecule has 4 aromatic carbocycles. The molecule has 0 saturated heterocycles. The Balaban J connectivity index is 1.44. The molecule has 4 aromatic rings. The van der Waals surface area contributed by atoms with Crippen molar-refractivity contribution in [1.82, 2.24) is 10.4 Å². The Morgan fingerprint density at radius 3 is 1.93 bits per heavy atom. The number of nitrogens with one attached hydrogen (secondary N) is 1. The molecule has 8 heteroatoms. The van der Waals surface area contributed by atoms with E-state index in [4.69, 9.17) is 4.74 Å². The molecule has 2 atom stereocenters. The normalized spacial score (nSPS) is 13.5. The summed E-state index contributed by atoms with van der Waals surface area (Å²) < 4.78 is 5.80. The molecular formula is C34H32N2O6. The van der Waals surface area contributed by atoms with E-state index >= 15 is 0 Å². The minimum absolute atomic E-state index is 0.0278. The van der Waals surface area contributed by atoms with Gasteiger partial charge in [-0.25, -0.2) is 20.0 Å². The van der Waals surface area contributed by atoms with Crippen molar-refractivity contribution in [3.63, 3.8) is 0 Å². The third-order valence-corrected chi connectivity index (χ3v) is 7.68. The van der Waals surface area contributed by atoms with Gasteiger partial charge in [-0.3, -0.25) is 4.79 Å². The molecule has 0 spiro atoms. The molecule has 0 aromatic heterocycles. The minimum Gasteiger partial charge on any atom is -0.480 e. The number of carbonyl (C=O) groups is 3. The molecule has 0 fully saturated rings. The molecule has 1 amide bonds. The maximum Gasteiger partial charge on any atom is 0.425 e. The van der Waals surface area contributed by atoms with Gasteiger partial charge >= 0.3 is 18.0 Å². The monoisotopic (exact) mass is 564 g/mol. The Morgan fingerprint density at radius 1 is 0.762 bits per heavy atom. The van der Waals surface area contributed by atoms with E-state index in [1.165, 1.54) is 0 Å². The van der Waals surface area contributed by atoms with Crippen molar-refractivity contribution in [2.75, 3.05) is 6.61 Å². The fourth-order valence-electron chi connectivity index (χ4n) is 5.48. The number of carboxylic acids is 2. The zero-order chi connectivity index (χ0) is 29.6. The summed E-state index contributed by atoms with van der Waals surface area (Å²) in [4.78, 5) is 38.7. The van der Waals surface area contributed by atoms with Gasteiger partial charge in [0, 0.05) is 18.8 Å². The van der Waals surface area contributed by atoms with Crippen LogP contribution in [0.4, 0.5) is 4.79 Å². The number of carbonyl (C=O) groups excluding carboxylic acids is 1.